The molecule has 0 saturated heterocycles. The molecule has 0 aliphatic heterocycles. The first kappa shape index (κ1) is 13.5. The van der Waals surface area contributed by atoms with Gasteiger partial charge in [0.25, 0.3) is 5.91 Å². The van der Waals surface area contributed by atoms with Crippen LogP contribution in [0.3, 0.4) is 0 Å². The van der Waals surface area contributed by atoms with E-state index in [-0.39, 0.29) is 5.91 Å². The molecule has 0 aliphatic carbocycles. The monoisotopic (exact) mass is 276 g/mol. The predicted octanol–water partition coefficient (Wildman–Crippen LogP) is 2.76. The van der Waals surface area contributed by atoms with Crippen molar-refractivity contribution in [3.8, 4) is 0 Å². The Morgan fingerprint density at radius 1 is 1.21 bits per heavy atom. The van der Waals surface area contributed by atoms with E-state index in [1.807, 2.05) is 20.8 Å². The number of rotatable bonds is 3. The summed E-state index contributed by atoms with van der Waals surface area (Å²) in [6.45, 7) is 5.77. The first-order valence-corrected chi connectivity index (χ1v) is 6.73. The van der Waals surface area contributed by atoms with E-state index in [2.05, 4.69) is 20.6 Å². The average Bonchev–Trinajstić information content (AvgIpc) is 2.67. The maximum atomic E-state index is 12.2. The summed E-state index contributed by atoms with van der Waals surface area (Å²) in [6.07, 6.45) is 0. The van der Waals surface area contributed by atoms with Crippen molar-refractivity contribution in [1.29, 1.82) is 0 Å². The second-order valence-corrected chi connectivity index (χ2v) is 5.45. The summed E-state index contributed by atoms with van der Waals surface area (Å²) in [5.74, 6) is 0.507. The van der Waals surface area contributed by atoms with Crippen LogP contribution in [0.4, 0.5) is 10.9 Å². The number of carbonyl (C=O) groups excluding carboxylic acids is 1. The number of thiazole rings is 1. The lowest BCUT2D eigenvalue weighted by molar-refractivity contribution is 0.102. The number of carbonyl (C=O) groups is 1. The maximum absolute atomic E-state index is 12.2. The molecular weight excluding hydrogens is 260 g/mol. The van der Waals surface area contributed by atoms with Crippen LogP contribution < -0.4 is 10.6 Å². The zero-order valence-corrected chi connectivity index (χ0v) is 12.2. The molecule has 19 heavy (non-hydrogen) atoms. The average molecular weight is 276 g/mol. The van der Waals surface area contributed by atoms with Crippen LogP contribution in [0.5, 0.6) is 0 Å². The molecule has 0 fully saturated rings. The topological polar surface area (TPSA) is 66.9 Å². The van der Waals surface area contributed by atoms with Gasteiger partial charge in [0, 0.05) is 23.2 Å². The van der Waals surface area contributed by atoms with Gasteiger partial charge in [0.15, 0.2) is 5.13 Å². The Kier molecular flexibility index (Phi) is 3.80. The molecule has 1 amide bonds. The second kappa shape index (κ2) is 5.36. The van der Waals surface area contributed by atoms with Crippen molar-refractivity contribution in [1.82, 2.24) is 9.97 Å². The molecular formula is C13H16N4OS. The normalized spacial score (nSPS) is 10.3. The molecule has 5 nitrogen and oxygen atoms in total. The highest BCUT2D eigenvalue weighted by molar-refractivity contribution is 7.15. The molecule has 0 unspecified atom stereocenters. The Labute approximate surface area is 116 Å². The van der Waals surface area contributed by atoms with Gasteiger partial charge in [-0.25, -0.2) is 9.97 Å². The van der Waals surface area contributed by atoms with Gasteiger partial charge in [-0.1, -0.05) is 0 Å². The summed E-state index contributed by atoms with van der Waals surface area (Å²) in [5.41, 5.74) is 2.31. The molecule has 2 aromatic rings. The van der Waals surface area contributed by atoms with E-state index >= 15 is 0 Å². The van der Waals surface area contributed by atoms with Crippen LogP contribution in [-0.2, 0) is 0 Å². The number of anilines is 2. The maximum Gasteiger partial charge on any atom is 0.257 e. The van der Waals surface area contributed by atoms with Crippen LogP contribution in [0.1, 0.15) is 26.6 Å². The van der Waals surface area contributed by atoms with Crippen molar-refractivity contribution in [2.75, 3.05) is 17.7 Å². The van der Waals surface area contributed by atoms with Crippen LogP contribution in [-0.4, -0.2) is 22.9 Å². The summed E-state index contributed by atoms with van der Waals surface area (Å²) in [4.78, 5) is 21.8. The van der Waals surface area contributed by atoms with Crippen LogP contribution in [0.25, 0.3) is 0 Å². The Balaban J connectivity index is 2.22. The Morgan fingerprint density at radius 2 is 1.95 bits per heavy atom. The SMILES string of the molecule is CNc1cc(C(=O)Nc2nc(C)c(C)s2)cc(C)n1. The zero-order chi connectivity index (χ0) is 14.0. The Bertz CT molecular complexity index is 602. The standard InChI is InChI=1S/C13H16N4OS/c1-7-5-10(6-11(14-4)15-7)12(18)17-13-16-8(2)9(3)19-13/h5-6H,1-4H3,(H,14,15)(H,16,17,18). The van der Waals surface area contributed by atoms with Gasteiger partial charge in [0.1, 0.15) is 5.82 Å². The molecule has 0 bridgehead atoms. The minimum absolute atomic E-state index is 0.171. The zero-order valence-electron chi connectivity index (χ0n) is 11.4. The summed E-state index contributed by atoms with van der Waals surface area (Å²) in [6, 6.07) is 3.47. The third kappa shape index (κ3) is 3.08. The Hall–Kier alpha value is -1.95. The van der Waals surface area contributed by atoms with E-state index in [0.717, 1.165) is 16.3 Å². The van der Waals surface area contributed by atoms with Crippen LogP contribution in [0.15, 0.2) is 12.1 Å². The van der Waals surface area contributed by atoms with E-state index in [1.165, 1.54) is 11.3 Å². The largest absolute Gasteiger partial charge is 0.373 e. The molecule has 0 atom stereocenters. The van der Waals surface area contributed by atoms with E-state index in [0.29, 0.717) is 16.5 Å². The molecule has 0 radical (unpaired) electrons. The predicted molar refractivity (Wildman–Crippen MR) is 78.1 cm³/mol. The van der Waals surface area contributed by atoms with Crippen LogP contribution in [0, 0.1) is 20.8 Å². The molecule has 0 spiro atoms. The van der Waals surface area contributed by atoms with E-state index < -0.39 is 0 Å². The van der Waals surface area contributed by atoms with Crippen molar-refractivity contribution in [3.63, 3.8) is 0 Å². The minimum atomic E-state index is -0.171. The summed E-state index contributed by atoms with van der Waals surface area (Å²) >= 11 is 1.48. The highest BCUT2D eigenvalue weighted by Gasteiger charge is 2.11. The fourth-order valence-corrected chi connectivity index (χ4v) is 2.43. The van der Waals surface area contributed by atoms with E-state index in [4.69, 9.17) is 0 Å². The van der Waals surface area contributed by atoms with Gasteiger partial charge >= 0.3 is 0 Å². The first-order chi connectivity index (χ1) is 8.99. The van der Waals surface area contributed by atoms with Gasteiger partial charge in [0.05, 0.1) is 5.69 Å². The summed E-state index contributed by atoms with van der Waals surface area (Å²) in [5, 5.41) is 6.37. The smallest absolute Gasteiger partial charge is 0.257 e. The fraction of sp³-hybridized carbons (Fsp3) is 0.308. The lowest BCUT2D eigenvalue weighted by Gasteiger charge is -2.06. The number of hydrogen-bond donors (Lipinski definition) is 2. The summed E-state index contributed by atoms with van der Waals surface area (Å²) < 4.78 is 0. The molecule has 2 rings (SSSR count). The number of hydrogen-bond acceptors (Lipinski definition) is 5. The highest BCUT2D eigenvalue weighted by atomic mass is 32.1. The van der Waals surface area contributed by atoms with Gasteiger partial charge in [-0.2, -0.15) is 0 Å². The molecule has 2 aromatic heterocycles. The third-order valence-corrected chi connectivity index (χ3v) is 3.71. The van der Waals surface area contributed by atoms with Gasteiger partial charge in [-0.3, -0.25) is 10.1 Å². The second-order valence-electron chi connectivity index (χ2n) is 4.25. The molecule has 2 heterocycles. The van der Waals surface area contributed by atoms with Gasteiger partial charge in [0.2, 0.25) is 0 Å². The highest BCUT2D eigenvalue weighted by Crippen LogP contribution is 2.22. The molecule has 2 N–H and O–H groups in total. The number of amides is 1. The van der Waals surface area contributed by atoms with Crippen molar-refractivity contribution in [2.45, 2.75) is 20.8 Å². The van der Waals surface area contributed by atoms with Crippen LogP contribution >= 0.6 is 11.3 Å². The van der Waals surface area contributed by atoms with Crippen LogP contribution in [0.2, 0.25) is 0 Å². The first-order valence-electron chi connectivity index (χ1n) is 5.91. The molecule has 0 aliphatic rings. The molecule has 100 valence electrons. The quantitative estimate of drug-likeness (QED) is 0.904. The van der Waals surface area contributed by atoms with Crippen molar-refractivity contribution >= 4 is 28.2 Å². The number of aromatic nitrogens is 2. The number of aryl methyl sites for hydroxylation is 3. The lowest BCUT2D eigenvalue weighted by atomic mass is 10.2. The molecule has 6 heteroatoms. The van der Waals surface area contributed by atoms with Gasteiger partial charge in [-0.15, -0.1) is 11.3 Å². The van der Waals surface area contributed by atoms with Crippen molar-refractivity contribution in [2.24, 2.45) is 0 Å². The van der Waals surface area contributed by atoms with E-state index in [9.17, 15) is 4.79 Å². The van der Waals surface area contributed by atoms with Crippen molar-refractivity contribution in [3.05, 3.63) is 34.0 Å². The Morgan fingerprint density at radius 3 is 2.53 bits per heavy atom. The molecule has 0 saturated carbocycles. The van der Waals surface area contributed by atoms with Gasteiger partial charge < -0.3 is 5.32 Å². The number of nitrogens with zero attached hydrogens (tertiary/aromatic N) is 2. The fourth-order valence-electron chi connectivity index (χ4n) is 1.62. The van der Waals surface area contributed by atoms with Crippen molar-refractivity contribution < 1.29 is 4.79 Å². The molecule has 0 aromatic carbocycles. The third-order valence-electron chi connectivity index (χ3n) is 2.72. The summed E-state index contributed by atoms with van der Waals surface area (Å²) in [7, 11) is 1.77. The number of pyridine rings is 1. The van der Waals surface area contributed by atoms with Gasteiger partial charge in [-0.05, 0) is 32.9 Å². The lowest BCUT2D eigenvalue weighted by Crippen LogP contribution is -2.13. The van der Waals surface area contributed by atoms with E-state index in [1.54, 1.807) is 19.2 Å². The number of nitrogens with one attached hydrogen (secondary N) is 2. The minimum Gasteiger partial charge on any atom is -0.373 e.